The number of allylic oxidation sites excluding steroid dienone is 1. The number of fused-ring (bicyclic) bond motifs is 2. The first-order valence-electron chi connectivity index (χ1n) is 30.5. The van der Waals surface area contributed by atoms with E-state index in [4.69, 9.17) is 41.7 Å². The summed E-state index contributed by atoms with van der Waals surface area (Å²) in [4.78, 5) is 28.8. The minimum Gasteiger partial charge on any atom is -0.408 e. The highest BCUT2D eigenvalue weighted by Crippen LogP contribution is 2.49. The molecule has 14 heteroatoms. The summed E-state index contributed by atoms with van der Waals surface area (Å²) in [5.74, 6) is 0.817. The average Bonchev–Trinajstić information content (AvgIpc) is 3.93. The zero-order valence-corrected chi connectivity index (χ0v) is 55.0. The molecule has 8 bridgehead atoms. The van der Waals surface area contributed by atoms with Crippen molar-refractivity contribution < 1.29 is 51.3 Å². The van der Waals surface area contributed by atoms with Crippen molar-refractivity contribution >= 4 is 36.5 Å². The van der Waals surface area contributed by atoms with Gasteiger partial charge in [0.05, 0.1) is 66.6 Å². The smallest absolute Gasteiger partial charge is 0.193 e. The Kier molecular flexibility index (Phi) is 19.9. The zero-order valence-electron chi connectivity index (χ0n) is 52.0. The van der Waals surface area contributed by atoms with Crippen molar-refractivity contribution in [3.05, 3.63) is 36.5 Å². The fraction of sp³-hybridized carbons (Fsp3) is 0.873. The Labute approximate surface area is 471 Å². The van der Waals surface area contributed by atoms with E-state index in [1.165, 1.54) is 0 Å². The lowest BCUT2D eigenvalue weighted by Gasteiger charge is -2.56. The molecular weight excluding hydrogens is 1020 g/mol. The highest BCUT2D eigenvalue weighted by atomic mass is 28.4. The second kappa shape index (κ2) is 24.2. The molecule has 0 spiro atoms. The van der Waals surface area contributed by atoms with E-state index in [1.54, 1.807) is 0 Å². The summed E-state index contributed by atoms with van der Waals surface area (Å²) in [6, 6.07) is 0. The molecule has 9 aliphatic rings. The van der Waals surface area contributed by atoms with Gasteiger partial charge in [-0.15, -0.1) is 0 Å². The number of carbonyl (C=O) groups is 2. The highest BCUT2D eigenvalue weighted by Gasteiger charge is 2.58. The maximum Gasteiger partial charge on any atom is 0.193 e. The first-order chi connectivity index (χ1) is 35.4. The molecule has 1 unspecified atom stereocenters. The van der Waals surface area contributed by atoms with E-state index in [1.807, 2.05) is 6.08 Å². The van der Waals surface area contributed by atoms with Gasteiger partial charge in [0.1, 0.15) is 36.0 Å². The Morgan fingerprint density at radius 2 is 1.21 bits per heavy atom. The van der Waals surface area contributed by atoms with Crippen LogP contribution < -0.4 is 0 Å². The van der Waals surface area contributed by atoms with E-state index in [-0.39, 0.29) is 111 Å². The van der Waals surface area contributed by atoms with E-state index < -0.39 is 55.5 Å². The Morgan fingerprint density at radius 1 is 0.623 bits per heavy atom. The fourth-order valence-corrected chi connectivity index (χ4v) is 16.4. The standard InChI is InChI=1S/C63H110O11Si3/c1-39-33-46-27-29-50-40(2)34-45(66-50)26-25-43(64)23-22-24-52(72-75(16,17)60(5,6)7)57-59(74-77(20,21)62(11,12)13)58(73-76(18,19)61(8,9)10)56-51(70-57)30-28-47(68-56)35-44(65)36-49-42(4)53(37-48-31-32-63(14,15)71-48)69-55(49)38-54(67-46)41(39)3/h22,24,39,42,45-59H,2-3,23,25-38H2,1,4-21H3/b24-22+/t39-,42-,45+,46+,47-,48-,49-,50+,51+,52+,53-,54?,55+,56+,57+,58+,59-/m1/s1. The number of Topliss-reactive ketones (excluding diaryl/α,β-unsaturated/α-hetero) is 2. The lowest BCUT2D eigenvalue weighted by molar-refractivity contribution is -0.266. The van der Waals surface area contributed by atoms with E-state index in [9.17, 15) is 9.59 Å². The van der Waals surface area contributed by atoms with Crippen LogP contribution >= 0.6 is 0 Å². The molecule has 0 radical (unpaired) electrons. The van der Waals surface area contributed by atoms with Gasteiger partial charge in [-0.25, -0.2) is 0 Å². The molecule has 9 aliphatic heterocycles. The second-order valence-corrected chi connectivity index (χ2v) is 44.8. The first kappa shape index (κ1) is 63.4. The van der Waals surface area contributed by atoms with Crippen LogP contribution in [0.4, 0.5) is 0 Å². The van der Waals surface area contributed by atoms with E-state index in [2.05, 4.69) is 149 Å². The molecule has 0 aromatic heterocycles. The van der Waals surface area contributed by atoms with Gasteiger partial charge >= 0.3 is 0 Å². The van der Waals surface area contributed by atoms with Crippen LogP contribution in [0.15, 0.2) is 36.5 Å². The van der Waals surface area contributed by atoms with Crippen LogP contribution in [0.25, 0.3) is 0 Å². The van der Waals surface area contributed by atoms with Gasteiger partial charge in [-0.05, 0) is 155 Å². The quantitative estimate of drug-likeness (QED) is 0.171. The van der Waals surface area contributed by atoms with Crippen molar-refractivity contribution in [3.8, 4) is 0 Å². The van der Waals surface area contributed by atoms with Crippen LogP contribution in [0.1, 0.15) is 186 Å². The average molecular weight is 1130 g/mol. The summed E-state index contributed by atoms with van der Waals surface area (Å²) in [6.45, 7) is 52.3. The molecule has 17 atom stereocenters. The topological polar surface area (TPSA) is 117 Å². The third-order valence-electron chi connectivity index (χ3n) is 20.8. The van der Waals surface area contributed by atoms with Gasteiger partial charge in [-0.3, -0.25) is 9.59 Å². The largest absolute Gasteiger partial charge is 0.408 e. The normalized spacial score (nSPS) is 39.2. The van der Waals surface area contributed by atoms with Crippen LogP contribution in [0.2, 0.25) is 54.4 Å². The molecule has 0 amide bonds. The first-order valence-corrected chi connectivity index (χ1v) is 39.2. The summed E-state index contributed by atoms with van der Waals surface area (Å²) < 4.78 is 65.2. The molecule has 0 aliphatic carbocycles. The number of ether oxygens (including phenoxy) is 6. The molecule has 440 valence electrons. The monoisotopic (exact) mass is 1130 g/mol. The summed E-state index contributed by atoms with van der Waals surface area (Å²) >= 11 is 0. The molecule has 0 aromatic carbocycles. The molecule has 0 N–H and O–H groups in total. The molecule has 11 nitrogen and oxygen atoms in total. The Balaban J connectivity index is 1.26. The minimum atomic E-state index is -2.53. The molecule has 77 heavy (non-hydrogen) atoms. The van der Waals surface area contributed by atoms with Crippen molar-refractivity contribution in [2.75, 3.05) is 0 Å². The molecule has 9 rings (SSSR count). The van der Waals surface area contributed by atoms with E-state index >= 15 is 0 Å². The van der Waals surface area contributed by atoms with Crippen molar-refractivity contribution in [2.45, 2.75) is 332 Å². The Morgan fingerprint density at radius 3 is 1.82 bits per heavy atom. The van der Waals surface area contributed by atoms with Gasteiger partial charge in [0.2, 0.25) is 0 Å². The maximum atomic E-state index is 14.9. The summed E-state index contributed by atoms with van der Waals surface area (Å²) in [6.07, 6.45) is 11.0. The number of ketones is 2. The van der Waals surface area contributed by atoms with Crippen molar-refractivity contribution in [1.29, 1.82) is 0 Å². The number of hydrogen-bond donors (Lipinski definition) is 0. The van der Waals surface area contributed by atoms with Gasteiger partial charge < -0.3 is 41.7 Å². The number of carbonyl (C=O) groups excluding carboxylic acids is 2. The molecule has 0 aromatic rings. The highest BCUT2D eigenvalue weighted by molar-refractivity contribution is 6.75. The molecule has 6 fully saturated rings. The van der Waals surface area contributed by atoms with E-state index in [0.717, 1.165) is 56.1 Å². The lowest BCUT2D eigenvalue weighted by atomic mass is 9.78. The summed E-state index contributed by atoms with van der Waals surface area (Å²) in [7, 11) is -7.50. The fourth-order valence-electron chi connectivity index (χ4n) is 12.6. The zero-order chi connectivity index (χ0) is 57.0. The summed E-state index contributed by atoms with van der Waals surface area (Å²) in [5, 5.41) is -0.340. The Bertz CT molecular complexity index is 2100. The van der Waals surface area contributed by atoms with Crippen LogP contribution in [-0.2, 0) is 51.3 Å². The minimum absolute atomic E-state index is 0.00805. The Hall–Kier alpha value is -1.15. The predicted molar refractivity (Wildman–Crippen MR) is 317 cm³/mol. The van der Waals surface area contributed by atoms with Gasteiger partial charge in [0, 0.05) is 38.5 Å². The maximum absolute atomic E-state index is 14.9. The van der Waals surface area contributed by atoms with Gasteiger partial charge in [-0.1, -0.05) is 101 Å². The number of hydrogen-bond acceptors (Lipinski definition) is 11. The molecule has 6 saturated heterocycles. The van der Waals surface area contributed by atoms with E-state index in [0.29, 0.717) is 44.9 Å². The predicted octanol–water partition coefficient (Wildman–Crippen LogP) is 14.7. The second-order valence-electron chi connectivity index (χ2n) is 30.5. The third-order valence-corrected chi connectivity index (χ3v) is 34.2. The van der Waals surface area contributed by atoms with Crippen LogP contribution in [0.5, 0.6) is 0 Å². The van der Waals surface area contributed by atoms with Crippen molar-refractivity contribution in [1.82, 2.24) is 0 Å². The van der Waals surface area contributed by atoms with Crippen LogP contribution in [0, 0.1) is 17.8 Å². The lowest BCUT2D eigenvalue weighted by Crippen LogP contribution is -2.69. The third kappa shape index (κ3) is 15.4. The van der Waals surface area contributed by atoms with Gasteiger partial charge in [-0.2, -0.15) is 0 Å². The molecule has 9 heterocycles. The van der Waals surface area contributed by atoms with Crippen LogP contribution in [-0.4, -0.2) is 128 Å². The van der Waals surface area contributed by atoms with Gasteiger partial charge in [0.25, 0.3) is 0 Å². The van der Waals surface area contributed by atoms with Crippen molar-refractivity contribution in [3.63, 3.8) is 0 Å². The SMILES string of the molecule is C=C1C2C[C@@H]3O[C@H](C[C@H]4CCC(C)(C)O4)[C@H](C)[C@H]3CC(=O)C[C@H]3CC[C@@H]4O[C@H]([C@@H](O[Si](C)(C)C(C)(C)C)[C@@H](O[Si](C)(C)C(C)(C)C)[C@H]4O3)[C@@H](O[Si](C)(C)C(C)(C)C)/C=C/CC(=O)CC[C@H]3CC(=C)[C@H](CC[C@@H](C[C@H]1C)O2)O3. The number of rotatable bonds is 8. The van der Waals surface area contributed by atoms with Gasteiger partial charge in [0.15, 0.2) is 25.0 Å². The summed E-state index contributed by atoms with van der Waals surface area (Å²) in [5.41, 5.74) is 2.07. The molecule has 0 saturated carbocycles. The van der Waals surface area contributed by atoms with Crippen molar-refractivity contribution in [2.24, 2.45) is 17.8 Å². The van der Waals surface area contributed by atoms with Crippen LogP contribution in [0.3, 0.4) is 0 Å². The molecular formula is C63H110O11Si3.